The van der Waals surface area contributed by atoms with Gasteiger partial charge in [-0.1, -0.05) is 49.9 Å². The van der Waals surface area contributed by atoms with Gasteiger partial charge in [-0.15, -0.1) is 0 Å². The van der Waals surface area contributed by atoms with Gasteiger partial charge >= 0.3 is 0 Å². The number of anilines is 1. The molecule has 2 aromatic rings. The Labute approximate surface area is 191 Å². The fraction of sp³-hybridized carbons (Fsp3) is 0.448. The van der Waals surface area contributed by atoms with E-state index in [0.717, 1.165) is 66.6 Å². The van der Waals surface area contributed by atoms with Crippen LogP contribution in [0, 0.1) is 23.2 Å². The first kappa shape index (κ1) is 21.2. The summed E-state index contributed by atoms with van der Waals surface area (Å²) in [5, 5.41) is 3.44. The molecule has 0 unspecified atom stereocenters. The summed E-state index contributed by atoms with van der Waals surface area (Å²) in [6.07, 6.45) is 7.98. The van der Waals surface area contributed by atoms with E-state index in [2.05, 4.69) is 43.1 Å². The number of rotatable bonds is 8. The smallest absolute Gasteiger partial charge is 0.165 e. The number of benzene rings is 2. The first-order valence-corrected chi connectivity index (χ1v) is 12.2. The highest BCUT2D eigenvalue weighted by atomic mass is 16.1. The van der Waals surface area contributed by atoms with E-state index in [1.807, 2.05) is 24.3 Å². The first-order chi connectivity index (χ1) is 15.4. The van der Waals surface area contributed by atoms with E-state index >= 15 is 0 Å². The lowest BCUT2D eigenvalue weighted by atomic mass is 9.74. The lowest BCUT2D eigenvalue weighted by Crippen LogP contribution is -2.29. The number of nitrogens with one attached hydrogen (secondary N) is 1. The van der Waals surface area contributed by atoms with Crippen LogP contribution in [0.3, 0.4) is 0 Å². The minimum absolute atomic E-state index is 0.0463. The molecule has 3 aliphatic rings. The average molecular weight is 428 g/mol. The standard InChI is InChI=1S/C29H33NO2/c1-19(20-6-7-20)30-26-5-3-4-25(18-26)21-8-10-22(11-9-21)27(31)23-12-14-24(15-13-23)28(32)29(2)16-17-29/h3-5,8-11,18,20,23-24,30H,1,6-7,12-17H2,2H3. The van der Waals surface area contributed by atoms with Gasteiger partial charge in [0, 0.05) is 34.2 Å². The van der Waals surface area contributed by atoms with Crippen LogP contribution >= 0.6 is 0 Å². The molecule has 0 bridgehead atoms. The molecule has 3 saturated carbocycles. The zero-order valence-corrected chi connectivity index (χ0v) is 19.0. The predicted octanol–water partition coefficient (Wildman–Crippen LogP) is 7.05. The second-order valence-corrected chi connectivity index (χ2v) is 10.4. The Kier molecular flexibility index (Phi) is 5.53. The molecule has 0 radical (unpaired) electrons. The van der Waals surface area contributed by atoms with E-state index < -0.39 is 0 Å². The topological polar surface area (TPSA) is 46.2 Å². The highest BCUT2D eigenvalue weighted by molar-refractivity contribution is 5.98. The van der Waals surface area contributed by atoms with Gasteiger partial charge in [0.05, 0.1) is 0 Å². The van der Waals surface area contributed by atoms with Gasteiger partial charge in [-0.05, 0) is 80.5 Å². The van der Waals surface area contributed by atoms with Gasteiger partial charge in [-0.25, -0.2) is 0 Å². The average Bonchev–Trinajstić information content (AvgIpc) is 3.75. The molecule has 32 heavy (non-hydrogen) atoms. The molecule has 2 aromatic carbocycles. The first-order valence-electron chi connectivity index (χ1n) is 12.2. The quantitative estimate of drug-likeness (QED) is 0.459. The van der Waals surface area contributed by atoms with Crippen LogP contribution in [-0.2, 0) is 4.79 Å². The Morgan fingerprint density at radius 3 is 2.09 bits per heavy atom. The van der Waals surface area contributed by atoms with Crippen LogP contribution in [0.5, 0.6) is 0 Å². The van der Waals surface area contributed by atoms with E-state index in [-0.39, 0.29) is 23.0 Å². The normalized spacial score (nSPS) is 23.9. The number of ketones is 2. The number of Topliss-reactive ketones (excluding diaryl/α,β-unsaturated/α-hetero) is 2. The largest absolute Gasteiger partial charge is 0.359 e. The monoisotopic (exact) mass is 427 g/mol. The third kappa shape index (κ3) is 4.44. The highest BCUT2D eigenvalue weighted by Gasteiger charge is 2.47. The molecule has 3 fully saturated rings. The molecule has 5 rings (SSSR count). The molecule has 0 amide bonds. The van der Waals surface area contributed by atoms with Gasteiger partial charge in [-0.3, -0.25) is 9.59 Å². The number of carbonyl (C=O) groups excluding carboxylic acids is 2. The van der Waals surface area contributed by atoms with Crippen molar-refractivity contribution in [3.63, 3.8) is 0 Å². The van der Waals surface area contributed by atoms with Gasteiger partial charge in [-0.2, -0.15) is 0 Å². The van der Waals surface area contributed by atoms with Crippen LogP contribution < -0.4 is 5.32 Å². The molecule has 0 saturated heterocycles. The number of carbonyl (C=O) groups is 2. The summed E-state index contributed by atoms with van der Waals surface area (Å²) in [4.78, 5) is 25.7. The van der Waals surface area contributed by atoms with Gasteiger partial charge in [0.25, 0.3) is 0 Å². The van der Waals surface area contributed by atoms with Crippen LogP contribution in [0.1, 0.15) is 68.6 Å². The summed E-state index contributed by atoms with van der Waals surface area (Å²) in [6.45, 7) is 6.25. The maximum Gasteiger partial charge on any atom is 0.165 e. The minimum atomic E-state index is -0.0463. The van der Waals surface area contributed by atoms with Crippen molar-refractivity contribution in [2.24, 2.45) is 23.2 Å². The van der Waals surface area contributed by atoms with Gasteiger partial charge in [0.1, 0.15) is 5.78 Å². The summed E-state index contributed by atoms with van der Waals surface area (Å²) in [5.41, 5.74) is 5.14. The summed E-state index contributed by atoms with van der Waals surface area (Å²) >= 11 is 0. The van der Waals surface area contributed by atoms with E-state index in [9.17, 15) is 9.59 Å². The maximum absolute atomic E-state index is 13.1. The number of hydrogen-bond donors (Lipinski definition) is 1. The van der Waals surface area contributed by atoms with Crippen LogP contribution in [-0.4, -0.2) is 11.6 Å². The lowest BCUT2D eigenvalue weighted by Gasteiger charge is -2.28. The van der Waals surface area contributed by atoms with Crippen molar-refractivity contribution in [2.45, 2.75) is 58.3 Å². The molecule has 0 atom stereocenters. The molecule has 1 N–H and O–H groups in total. The van der Waals surface area contributed by atoms with Gasteiger partial charge in [0.15, 0.2) is 5.78 Å². The molecule has 3 nitrogen and oxygen atoms in total. The third-order valence-corrected chi connectivity index (χ3v) is 7.80. The minimum Gasteiger partial charge on any atom is -0.359 e. The Hall–Kier alpha value is -2.68. The molecule has 3 heteroatoms. The highest BCUT2D eigenvalue weighted by Crippen LogP contribution is 2.49. The second-order valence-electron chi connectivity index (χ2n) is 10.4. The van der Waals surface area contributed by atoms with E-state index in [0.29, 0.717) is 11.7 Å². The summed E-state index contributed by atoms with van der Waals surface area (Å²) < 4.78 is 0. The summed E-state index contributed by atoms with van der Waals surface area (Å²) in [7, 11) is 0. The fourth-order valence-electron chi connectivity index (χ4n) is 5.10. The zero-order valence-electron chi connectivity index (χ0n) is 19.0. The fourth-order valence-corrected chi connectivity index (χ4v) is 5.10. The Bertz CT molecular complexity index is 1040. The van der Waals surface area contributed by atoms with Crippen LogP contribution in [0.15, 0.2) is 60.8 Å². The zero-order chi connectivity index (χ0) is 22.3. The van der Waals surface area contributed by atoms with Crippen molar-refractivity contribution < 1.29 is 9.59 Å². The van der Waals surface area contributed by atoms with Crippen molar-refractivity contribution in [3.05, 3.63) is 66.4 Å². The van der Waals surface area contributed by atoms with Crippen molar-refractivity contribution in [1.82, 2.24) is 0 Å². The Morgan fingerprint density at radius 2 is 1.47 bits per heavy atom. The molecule has 0 heterocycles. The number of allylic oxidation sites excluding steroid dienone is 1. The molecular formula is C29H33NO2. The molecule has 0 aliphatic heterocycles. The molecular weight excluding hydrogens is 394 g/mol. The molecule has 0 aromatic heterocycles. The van der Waals surface area contributed by atoms with E-state index in [1.54, 1.807) is 0 Å². The van der Waals surface area contributed by atoms with Gasteiger partial charge < -0.3 is 5.32 Å². The van der Waals surface area contributed by atoms with Crippen molar-refractivity contribution in [1.29, 1.82) is 0 Å². The Morgan fingerprint density at radius 1 is 0.844 bits per heavy atom. The van der Waals surface area contributed by atoms with Gasteiger partial charge in [0.2, 0.25) is 0 Å². The van der Waals surface area contributed by atoms with E-state index in [1.165, 1.54) is 12.8 Å². The summed E-state index contributed by atoms with van der Waals surface area (Å²) in [5.74, 6) is 1.53. The predicted molar refractivity (Wildman–Crippen MR) is 129 cm³/mol. The lowest BCUT2D eigenvalue weighted by molar-refractivity contribution is -0.128. The molecule has 0 spiro atoms. The second kappa shape index (κ2) is 8.35. The maximum atomic E-state index is 13.1. The van der Waals surface area contributed by atoms with Crippen LogP contribution in [0.4, 0.5) is 5.69 Å². The third-order valence-electron chi connectivity index (χ3n) is 7.80. The van der Waals surface area contributed by atoms with Crippen molar-refractivity contribution in [3.8, 4) is 11.1 Å². The van der Waals surface area contributed by atoms with Crippen LogP contribution in [0.25, 0.3) is 11.1 Å². The Balaban J connectivity index is 1.21. The van der Waals surface area contributed by atoms with Crippen molar-refractivity contribution >= 4 is 17.3 Å². The van der Waals surface area contributed by atoms with Crippen LogP contribution in [0.2, 0.25) is 0 Å². The molecule has 3 aliphatic carbocycles. The number of hydrogen-bond acceptors (Lipinski definition) is 3. The summed E-state index contributed by atoms with van der Waals surface area (Å²) in [6, 6.07) is 16.4. The SMILES string of the molecule is C=C(Nc1cccc(-c2ccc(C(=O)C3CCC(C(=O)C4(C)CC4)CC3)cc2)c1)C1CC1. The molecule has 166 valence electrons. The van der Waals surface area contributed by atoms with Crippen molar-refractivity contribution in [2.75, 3.05) is 5.32 Å². The van der Waals surface area contributed by atoms with E-state index in [4.69, 9.17) is 0 Å².